The van der Waals surface area contributed by atoms with Gasteiger partial charge in [-0.1, -0.05) is 72.8 Å². The lowest BCUT2D eigenvalue weighted by Gasteiger charge is -2.26. The second-order valence-electron chi connectivity index (χ2n) is 19.2. The van der Waals surface area contributed by atoms with Crippen LogP contribution in [0.3, 0.4) is 0 Å². The van der Waals surface area contributed by atoms with Crippen LogP contribution in [-0.2, 0) is 94.4 Å². The zero-order chi connectivity index (χ0) is 63.3. The second kappa shape index (κ2) is 31.7. The minimum absolute atomic E-state index is 0.0678. The predicted octanol–water partition coefficient (Wildman–Crippen LogP) is -2.26. The Morgan fingerprint density at radius 2 is 1.00 bits per heavy atom. The van der Waals surface area contributed by atoms with Crippen LogP contribution in [0.15, 0.2) is 109 Å². The Morgan fingerprint density at radius 1 is 0.547 bits per heavy atom. The maximum atomic E-state index is 14.5. The van der Waals surface area contributed by atoms with Gasteiger partial charge in [0.05, 0.1) is 25.4 Å². The van der Waals surface area contributed by atoms with E-state index in [2.05, 4.69) is 50.6 Å². The molecule has 5 rings (SSSR count). The quantitative estimate of drug-likeness (QED) is 0.0193. The van der Waals surface area contributed by atoms with Crippen molar-refractivity contribution in [3.05, 3.63) is 132 Å². The first-order valence-electron chi connectivity index (χ1n) is 25.8. The van der Waals surface area contributed by atoms with Gasteiger partial charge in [0.15, 0.2) is 0 Å². The molecule has 0 radical (unpaired) electrons. The van der Waals surface area contributed by atoms with Crippen molar-refractivity contribution >= 4 is 103 Å². The van der Waals surface area contributed by atoms with E-state index in [1.54, 1.807) is 67.0 Å². The largest absolute Gasteiger partial charge is 0.481 e. The molecule has 1 aromatic heterocycles. The molecule has 17 N–H and O–H groups in total. The highest BCUT2D eigenvalue weighted by atomic mass is 32.3. The molecule has 462 valence electrons. The number of carboxylic acid groups (broad SMARTS) is 1. The van der Waals surface area contributed by atoms with Crippen LogP contribution in [0.4, 0.5) is 0 Å². The van der Waals surface area contributed by atoms with Gasteiger partial charge in [0.1, 0.15) is 47.8 Å². The van der Waals surface area contributed by atoms with Crippen LogP contribution in [0.1, 0.15) is 41.5 Å². The molecule has 0 saturated heterocycles. The fraction of sp³-hybridized carbons (Fsp3) is 0.321. The molecule has 0 spiro atoms. The van der Waals surface area contributed by atoms with E-state index < -0.39 is 154 Å². The van der Waals surface area contributed by atoms with Gasteiger partial charge in [0.25, 0.3) is 0 Å². The van der Waals surface area contributed by atoms with E-state index in [4.69, 9.17) is 21.8 Å². The van der Waals surface area contributed by atoms with Crippen LogP contribution >= 0.6 is 11.8 Å². The molecule has 7 atom stereocenters. The molecule has 0 aliphatic rings. The number of primary amides is 2. The third kappa shape index (κ3) is 22.8. The molecule has 0 aliphatic heterocycles. The zero-order valence-electron chi connectivity index (χ0n) is 45.6. The van der Waals surface area contributed by atoms with Crippen molar-refractivity contribution in [1.82, 2.24) is 42.2 Å². The number of aliphatic carboxylic acids is 1. The number of nitrogens with one attached hydrogen (secondary N) is 8. The third-order valence-electron chi connectivity index (χ3n) is 12.5. The SMILES string of the molecule is CSCCC(NC(=O)C(Cc1c[nH]c2ccccc12)NC(=O)CNC(=O)C(Cc1ccc(OS(=O)(=O)O)cc1)NC(=O)C(Cc1ccc(OS(=O)(=O)O)cc1)NC(=O)C(N)CC(N)=O)C(=O)NC(CC(=O)O)C(=O)NC(Cc1ccccc1)C(N)=O. The average molecular weight is 1250 g/mol. The monoisotopic (exact) mass is 1250 g/mol. The number of amides is 9. The molecule has 7 unspecified atom stereocenters. The fourth-order valence-corrected chi connectivity index (χ4v) is 9.58. The number of nitrogens with two attached hydrogens (primary N) is 3. The van der Waals surface area contributed by atoms with E-state index in [9.17, 15) is 74.4 Å². The lowest BCUT2D eigenvalue weighted by Crippen LogP contribution is -2.59. The Hall–Kier alpha value is -9.15. The molecule has 4 aromatic carbocycles. The van der Waals surface area contributed by atoms with Crippen LogP contribution in [-0.4, -0.2) is 156 Å². The molecule has 86 heavy (non-hydrogen) atoms. The van der Waals surface area contributed by atoms with Gasteiger partial charge >= 0.3 is 26.8 Å². The van der Waals surface area contributed by atoms with E-state index in [0.29, 0.717) is 22.0 Å². The van der Waals surface area contributed by atoms with Gasteiger partial charge in [-0.25, -0.2) is 0 Å². The minimum atomic E-state index is -4.97. The van der Waals surface area contributed by atoms with Gasteiger partial charge < -0.3 is 72.9 Å². The summed E-state index contributed by atoms with van der Waals surface area (Å²) in [5, 5.41) is 27.5. The van der Waals surface area contributed by atoms with Crippen molar-refractivity contribution in [1.29, 1.82) is 0 Å². The lowest BCUT2D eigenvalue weighted by atomic mass is 10.0. The molecular weight excluding hydrogens is 1190 g/mol. The van der Waals surface area contributed by atoms with Gasteiger partial charge in [-0.15, -0.1) is 0 Å². The zero-order valence-corrected chi connectivity index (χ0v) is 48.1. The summed E-state index contributed by atoms with van der Waals surface area (Å²) >= 11 is 1.27. The van der Waals surface area contributed by atoms with Crippen LogP contribution in [0.2, 0.25) is 0 Å². The number of hydrogen-bond acceptors (Lipinski definition) is 18. The summed E-state index contributed by atoms with van der Waals surface area (Å²) in [6, 6.07) is 13.8. The Bertz CT molecular complexity index is 3480. The number of aromatic nitrogens is 1. The normalized spacial score (nSPS) is 13.8. The maximum Gasteiger partial charge on any atom is 0.446 e. The highest BCUT2D eigenvalue weighted by molar-refractivity contribution is 7.98. The Balaban J connectivity index is 1.40. The van der Waals surface area contributed by atoms with Crippen molar-refractivity contribution in [3.63, 3.8) is 0 Å². The van der Waals surface area contributed by atoms with E-state index in [1.165, 1.54) is 36.0 Å². The average Bonchev–Trinajstić information content (AvgIpc) is 2.73. The van der Waals surface area contributed by atoms with Crippen LogP contribution < -0.4 is 62.8 Å². The molecule has 30 nitrogen and oxygen atoms in total. The van der Waals surface area contributed by atoms with Crippen LogP contribution in [0, 0.1) is 0 Å². The summed E-state index contributed by atoms with van der Waals surface area (Å²) in [5.74, 6) is -11.1. The number of carbonyl (C=O) groups excluding carboxylic acids is 9. The number of carbonyl (C=O) groups is 10. The number of para-hydroxylation sites is 1. The smallest absolute Gasteiger partial charge is 0.446 e. The van der Waals surface area contributed by atoms with Crippen molar-refractivity contribution < 1.29 is 87.4 Å². The number of fused-ring (bicyclic) bond motifs is 1. The second-order valence-corrected chi connectivity index (χ2v) is 22.2. The lowest BCUT2D eigenvalue weighted by molar-refractivity contribution is -0.141. The molecule has 0 aliphatic carbocycles. The molecular formula is C53H63N11O19S3. The molecule has 33 heteroatoms. The summed E-state index contributed by atoms with van der Waals surface area (Å²) < 4.78 is 72.5. The van der Waals surface area contributed by atoms with Gasteiger partial charge in [-0.2, -0.15) is 28.6 Å². The summed E-state index contributed by atoms with van der Waals surface area (Å²) in [6.07, 6.45) is 0.427. The van der Waals surface area contributed by atoms with Crippen molar-refractivity contribution in [3.8, 4) is 11.5 Å². The minimum Gasteiger partial charge on any atom is -0.481 e. The third-order valence-corrected chi connectivity index (χ3v) is 14.0. The van der Waals surface area contributed by atoms with Crippen LogP contribution in [0.5, 0.6) is 11.5 Å². The first-order chi connectivity index (χ1) is 40.6. The molecule has 1 heterocycles. The molecule has 0 saturated carbocycles. The maximum absolute atomic E-state index is 14.5. The number of benzene rings is 4. The van der Waals surface area contributed by atoms with E-state index in [1.807, 2.05) is 0 Å². The number of rotatable bonds is 34. The van der Waals surface area contributed by atoms with Crippen molar-refractivity contribution in [2.75, 3.05) is 18.6 Å². The highest BCUT2D eigenvalue weighted by Gasteiger charge is 2.34. The Morgan fingerprint density at radius 3 is 1.53 bits per heavy atom. The van der Waals surface area contributed by atoms with E-state index in [-0.39, 0.29) is 47.6 Å². The van der Waals surface area contributed by atoms with E-state index in [0.717, 1.165) is 24.3 Å². The number of thioether (sulfide) groups is 1. The summed E-state index contributed by atoms with van der Waals surface area (Å²) in [7, 11) is -9.90. The first-order valence-corrected chi connectivity index (χ1v) is 29.9. The number of carboxylic acids is 1. The summed E-state index contributed by atoms with van der Waals surface area (Å²) in [4.78, 5) is 137. The van der Waals surface area contributed by atoms with Gasteiger partial charge in [-0.3, -0.25) is 57.1 Å². The molecule has 0 bridgehead atoms. The van der Waals surface area contributed by atoms with Crippen LogP contribution in [0.25, 0.3) is 10.9 Å². The highest BCUT2D eigenvalue weighted by Crippen LogP contribution is 2.21. The number of hydrogen-bond donors (Lipinski definition) is 14. The first kappa shape index (κ1) is 67.6. The van der Waals surface area contributed by atoms with Crippen molar-refractivity contribution in [2.45, 2.75) is 87.2 Å². The summed E-state index contributed by atoms with van der Waals surface area (Å²) in [5.41, 5.74) is 18.9. The molecule has 5 aromatic rings. The number of aromatic amines is 1. The topological polar surface area (TPSA) is 496 Å². The fourth-order valence-electron chi connectivity index (χ4n) is 8.40. The molecule has 0 fully saturated rings. The summed E-state index contributed by atoms with van der Waals surface area (Å²) in [6.45, 7) is -0.900. The van der Waals surface area contributed by atoms with E-state index >= 15 is 0 Å². The Kier molecular flexibility index (Phi) is 24.9. The Labute approximate surface area is 496 Å². The van der Waals surface area contributed by atoms with Gasteiger partial charge in [-0.05, 0) is 71.0 Å². The van der Waals surface area contributed by atoms with Gasteiger partial charge in [0.2, 0.25) is 53.2 Å². The standard InChI is InChI=1S/C53H63N11O19S3/c1-84-20-19-38(50(72)64-43(26-46(67)68)53(75)61-39(47(56)69)21-29-7-3-2-4-8-29)60-52(74)42(24-32-27-57-37-10-6-5-9-35(32)37)59-45(66)28-58-49(71)40(22-30-11-15-33(16-12-30)82-85(76,77)78)63-51(73)41(62-48(70)36(54)25-44(55)65)23-31-13-17-34(18-14-31)83-86(79,80)81/h2-18,27,36,38-43,57H,19-26,28,54H2,1H3,(H2,55,65)(H2,56,69)(H,58,71)(H,59,66)(H,60,74)(H,61,75)(H,62,70)(H,63,73)(H,64,72)(H,67,68)(H,76,77,78)(H,79,80,81). The molecule has 9 amide bonds. The van der Waals surface area contributed by atoms with Gasteiger partial charge in [0, 0.05) is 42.8 Å². The number of H-pyrrole nitrogens is 1. The predicted molar refractivity (Wildman–Crippen MR) is 308 cm³/mol. The van der Waals surface area contributed by atoms with Crippen molar-refractivity contribution in [2.24, 2.45) is 17.2 Å².